The van der Waals surface area contributed by atoms with Gasteiger partial charge in [-0.3, -0.25) is 0 Å². The van der Waals surface area contributed by atoms with Crippen molar-refractivity contribution in [1.29, 1.82) is 0 Å². The largest absolute Gasteiger partial charge is 0.394 e. The van der Waals surface area contributed by atoms with Crippen LogP contribution in [0.25, 0.3) is 0 Å². The summed E-state index contributed by atoms with van der Waals surface area (Å²) in [5, 5.41) is 64.2. The highest BCUT2D eigenvalue weighted by Crippen LogP contribution is 2.56. The predicted octanol–water partition coefficient (Wildman–Crippen LogP) is 0.649. The number of aliphatic hydroxyl groups is 6. The molecule has 4 rings (SSSR count). The lowest BCUT2D eigenvalue weighted by Crippen LogP contribution is -2.60. The zero-order chi connectivity index (χ0) is 26.6. The number of fused-ring (bicyclic) bond motifs is 2. The molecular weight excluding hydrogens is 468 g/mol. The van der Waals surface area contributed by atoms with E-state index in [0.717, 1.165) is 29.6 Å². The number of allylic oxidation sites excluding steroid dienone is 2. The maximum atomic E-state index is 11.8. The lowest BCUT2D eigenvalue weighted by molar-refractivity contribution is -0.315. The van der Waals surface area contributed by atoms with Crippen molar-refractivity contribution in [1.82, 2.24) is 0 Å². The second-order valence-electron chi connectivity index (χ2n) is 11.8. The molecule has 4 aliphatic rings. The molecule has 0 amide bonds. The highest BCUT2D eigenvalue weighted by Gasteiger charge is 2.54. The topological polar surface area (TPSA) is 149 Å². The quantitative estimate of drug-likeness (QED) is 0.282. The normalized spacial score (nSPS) is 47.4. The van der Waals surface area contributed by atoms with Crippen LogP contribution in [-0.2, 0) is 14.2 Å². The summed E-state index contributed by atoms with van der Waals surface area (Å²) in [7, 11) is 1.58. The fourth-order valence-corrected chi connectivity index (χ4v) is 7.01. The molecule has 6 N–H and O–H groups in total. The Kier molecular flexibility index (Phi) is 8.09. The van der Waals surface area contributed by atoms with Gasteiger partial charge in [-0.25, -0.2) is 0 Å². The molecule has 36 heavy (non-hydrogen) atoms. The van der Waals surface area contributed by atoms with Crippen LogP contribution >= 0.6 is 0 Å². The van der Waals surface area contributed by atoms with Crippen LogP contribution in [0.2, 0.25) is 0 Å². The van der Waals surface area contributed by atoms with E-state index in [0.29, 0.717) is 12.8 Å². The van der Waals surface area contributed by atoms with Crippen molar-refractivity contribution in [3.05, 3.63) is 22.8 Å². The fourth-order valence-electron chi connectivity index (χ4n) is 7.01. The summed E-state index contributed by atoms with van der Waals surface area (Å²) in [6.45, 7) is 7.87. The summed E-state index contributed by atoms with van der Waals surface area (Å²) < 4.78 is 17.4. The second-order valence-corrected chi connectivity index (χ2v) is 11.8. The van der Waals surface area contributed by atoms with E-state index in [2.05, 4.69) is 26.8 Å². The summed E-state index contributed by atoms with van der Waals surface area (Å²) in [6.07, 6.45) is -3.92. The van der Waals surface area contributed by atoms with Crippen LogP contribution in [0.15, 0.2) is 22.8 Å². The average Bonchev–Trinajstić information content (AvgIpc) is 3.33. The van der Waals surface area contributed by atoms with E-state index >= 15 is 0 Å². The van der Waals surface area contributed by atoms with Gasteiger partial charge < -0.3 is 44.8 Å². The third kappa shape index (κ3) is 4.61. The molecule has 2 fully saturated rings. The molecule has 1 saturated heterocycles. The van der Waals surface area contributed by atoms with E-state index in [1.54, 1.807) is 7.11 Å². The smallest absolute Gasteiger partial charge is 0.187 e. The van der Waals surface area contributed by atoms with Gasteiger partial charge in [0.1, 0.15) is 36.1 Å². The molecule has 6 unspecified atom stereocenters. The molecule has 1 aliphatic heterocycles. The maximum Gasteiger partial charge on any atom is 0.187 e. The van der Waals surface area contributed by atoms with Gasteiger partial charge in [-0.1, -0.05) is 39.3 Å². The van der Waals surface area contributed by atoms with Crippen molar-refractivity contribution in [2.75, 3.05) is 20.3 Å². The molecular formula is C27H44O9. The van der Waals surface area contributed by atoms with E-state index in [1.807, 2.05) is 6.92 Å². The van der Waals surface area contributed by atoms with Gasteiger partial charge >= 0.3 is 0 Å². The third-order valence-corrected chi connectivity index (χ3v) is 9.13. The minimum absolute atomic E-state index is 0.0810. The fraction of sp³-hybridized carbons (Fsp3) is 0.852. The zero-order valence-electron chi connectivity index (χ0n) is 22.0. The van der Waals surface area contributed by atoms with Gasteiger partial charge in [0.15, 0.2) is 6.29 Å². The molecule has 0 bridgehead atoms. The molecule has 9 heteroatoms. The molecule has 1 saturated carbocycles. The molecule has 0 aromatic rings. The average molecular weight is 513 g/mol. The Morgan fingerprint density at radius 2 is 1.78 bits per heavy atom. The number of methoxy groups -OCH3 is 1. The number of rotatable bonds is 6. The monoisotopic (exact) mass is 512 g/mol. The Balaban J connectivity index is 1.80. The summed E-state index contributed by atoms with van der Waals surface area (Å²) in [4.78, 5) is 0. The summed E-state index contributed by atoms with van der Waals surface area (Å²) >= 11 is 0. The molecule has 206 valence electrons. The molecule has 0 radical (unpaired) electrons. The Morgan fingerprint density at radius 3 is 2.39 bits per heavy atom. The highest BCUT2D eigenvalue weighted by atomic mass is 16.7. The summed E-state index contributed by atoms with van der Waals surface area (Å²) in [6, 6.07) is 0. The van der Waals surface area contributed by atoms with Gasteiger partial charge in [-0.15, -0.1) is 0 Å². The maximum absolute atomic E-state index is 11.8. The van der Waals surface area contributed by atoms with Gasteiger partial charge in [-0.2, -0.15) is 0 Å². The number of aliphatic hydroxyl groups excluding tert-OH is 5. The SMILES string of the molecule is COC[C@@]1(O)CC[C@@H]2C1=C[C@@]1(C)CCC(C(C)C)=C1C(OC1OC(CO)C(O)C(O)C1O)[C@H](O)[C@@H]2C. The Labute approximate surface area is 213 Å². The molecule has 0 spiro atoms. The van der Waals surface area contributed by atoms with Crippen LogP contribution in [0, 0.1) is 23.2 Å². The number of hydrogen-bond donors (Lipinski definition) is 6. The lowest BCUT2D eigenvalue weighted by Gasteiger charge is -2.46. The minimum Gasteiger partial charge on any atom is -0.394 e. The van der Waals surface area contributed by atoms with Crippen LogP contribution < -0.4 is 0 Å². The van der Waals surface area contributed by atoms with Crippen LogP contribution in [0.4, 0.5) is 0 Å². The zero-order valence-corrected chi connectivity index (χ0v) is 22.0. The Hall–Kier alpha value is -0.880. The van der Waals surface area contributed by atoms with E-state index in [4.69, 9.17) is 14.2 Å². The number of ether oxygens (including phenoxy) is 3. The van der Waals surface area contributed by atoms with E-state index < -0.39 is 60.5 Å². The van der Waals surface area contributed by atoms with Crippen molar-refractivity contribution < 1.29 is 44.8 Å². The van der Waals surface area contributed by atoms with Crippen molar-refractivity contribution in [3.8, 4) is 0 Å². The van der Waals surface area contributed by atoms with Crippen molar-refractivity contribution in [2.45, 2.75) is 102 Å². The van der Waals surface area contributed by atoms with Crippen molar-refractivity contribution in [3.63, 3.8) is 0 Å². The van der Waals surface area contributed by atoms with Gasteiger partial charge in [-0.05, 0) is 54.6 Å². The first-order valence-electron chi connectivity index (χ1n) is 13.2. The van der Waals surface area contributed by atoms with Crippen LogP contribution in [0.1, 0.15) is 53.4 Å². The van der Waals surface area contributed by atoms with Crippen molar-refractivity contribution in [2.24, 2.45) is 23.2 Å². The minimum atomic E-state index is -1.57. The summed E-state index contributed by atoms with van der Waals surface area (Å²) in [5.74, 6) is -0.189. The van der Waals surface area contributed by atoms with Crippen LogP contribution in [-0.4, -0.2) is 99.5 Å². The first-order valence-corrected chi connectivity index (χ1v) is 13.2. The molecule has 11 atom stereocenters. The predicted molar refractivity (Wildman–Crippen MR) is 131 cm³/mol. The molecule has 0 aromatic heterocycles. The molecule has 9 nitrogen and oxygen atoms in total. The van der Waals surface area contributed by atoms with Crippen molar-refractivity contribution >= 4 is 0 Å². The summed E-state index contributed by atoms with van der Waals surface area (Å²) in [5.41, 5.74) is 1.37. The standard InChI is InChI=1S/C27H44O9/c1-13(2)15-6-8-26(4)10-17-16(7-9-27(17,33)12-34-5)14(3)20(29)24(19(15)26)36-25-23(32)22(31)21(30)18(11-28)35-25/h10,13-14,16,18,20-25,28-33H,6-9,11-12H2,1-5H3/t14-,16+,18?,20-,21?,22?,23?,24?,25?,26-,27+/m1/s1. The molecule has 1 heterocycles. The first kappa shape index (κ1) is 28.1. The van der Waals surface area contributed by atoms with Gasteiger partial charge in [0.25, 0.3) is 0 Å². The second kappa shape index (κ2) is 10.4. The van der Waals surface area contributed by atoms with Gasteiger partial charge in [0.2, 0.25) is 0 Å². The van der Waals surface area contributed by atoms with Gasteiger partial charge in [0.05, 0.1) is 19.3 Å². The van der Waals surface area contributed by atoms with Gasteiger partial charge in [0, 0.05) is 12.5 Å². The Bertz CT molecular complexity index is 869. The Morgan fingerprint density at radius 1 is 1.08 bits per heavy atom. The first-order chi connectivity index (χ1) is 16.9. The number of hydrogen-bond acceptors (Lipinski definition) is 9. The van der Waals surface area contributed by atoms with E-state index in [-0.39, 0.29) is 24.4 Å². The molecule has 3 aliphatic carbocycles. The lowest BCUT2D eigenvalue weighted by atomic mass is 9.68. The third-order valence-electron chi connectivity index (χ3n) is 9.13. The highest BCUT2D eigenvalue weighted by molar-refractivity contribution is 5.42. The van der Waals surface area contributed by atoms with E-state index in [9.17, 15) is 30.6 Å². The van der Waals surface area contributed by atoms with Crippen LogP contribution in [0.5, 0.6) is 0 Å². The molecule has 0 aromatic carbocycles. The van der Waals surface area contributed by atoms with Crippen LogP contribution in [0.3, 0.4) is 0 Å². The van der Waals surface area contributed by atoms with E-state index in [1.165, 1.54) is 0 Å².